The number of carbonyl (C=O) groups is 1. The van der Waals surface area contributed by atoms with Gasteiger partial charge in [-0.05, 0) is 13.0 Å². The van der Waals surface area contributed by atoms with Gasteiger partial charge in [0.05, 0.1) is 18.8 Å². The number of nitrogens with one attached hydrogen (secondary N) is 1. The van der Waals surface area contributed by atoms with E-state index < -0.39 is 0 Å². The van der Waals surface area contributed by atoms with Crippen LogP contribution in [0.5, 0.6) is 5.75 Å². The molecule has 144 valence electrons. The van der Waals surface area contributed by atoms with E-state index in [9.17, 15) is 4.79 Å². The van der Waals surface area contributed by atoms with Gasteiger partial charge in [0, 0.05) is 29.6 Å². The highest BCUT2D eigenvalue weighted by molar-refractivity contribution is 7.09. The van der Waals surface area contributed by atoms with Gasteiger partial charge in [0.25, 0.3) is 0 Å². The van der Waals surface area contributed by atoms with E-state index in [0.717, 1.165) is 34.1 Å². The van der Waals surface area contributed by atoms with Crippen LogP contribution >= 0.6 is 11.3 Å². The molecule has 0 bridgehead atoms. The van der Waals surface area contributed by atoms with Gasteiger partial charge in [-0.3, -0.25) is 9.69 Å². The number of ether oxygens (including phenoxy) is 1. The van der Waals surface area contributed by atoms with Gasteiger partial charge < -0.3 is 10.1 Å². The van der Waals surface area contributed by atoms with E-state index in [2.05, 4.69) is 21.3 Å². The van der Waals surface area contributed by atoms with Crippen LogP contribution in [0.15, 0.2) is 60.0 Å². The number of rotatable bonds is 5. The third-order valence-electron chi connectivity index (χ3n) is 4.64. The van der Waals surface area contributed by atoms with E-state index in [0.29, 0.717) is 19.6 Å². The maximum absolute atomic E-state index is 12.5. The zero-order valence-corrected chi connectivity index (χ0v) is 16.6. The van der Waals surface area contributed by atoms with Crippen LogP contribution in [0.4, 0.5) is 0 Å². The molecule has 1 unspecified atom stereocenters. The van der Waals surface area contributed by atoms with E-state index in [-0.39, 0.29) is 12.0 Å². The number of hydrogen-bond acceptors (Lipinski definition) is 5. The first-order valence-corrected chi connectivity index (χ1v) is 10.3. The minimum Gasteiger partial charge on any atom is -0.489 e. The van der Waals surface area contributed by atoms with Crippen LogP contribution in [0.3, 0.4) is 0 Å². The first-order chi connectivity index (χ1) is 13.7. The van der Waals surface area contributed by atoms with Crippen LogP contribution in [-0.2, 0) is 17.9 Å². The van der Waals surface area contributed by atoms with Crippen LogP contribution in [0.1, 0.15) is 17.5 Å². The van der Waals surface area contributed by atoms with E-state index in [4.69, 9.17) is 4.74 Å². The van der Waals surface area contributed by atoms with Gasteiger partial charge >= 0.3 is 0 Å². The lowest BCUT2D eigenvalue weighted by Gasteiger charge is -2.21. The molecule has 0 fully saturated rings. The SMILES string of the molecule is CC1CN(CC(=O)NCc2nc(-c3ccccc3)cs2)Cc2ccccc2O1. The number of amides is 1. The van der Waals surface area contributed by atoms with E-state index in [1.54, 1.807) is 11.3 Å². The van der Waals surface area contributed by atoms with Crippen molar-refractivity contribution < 1.29 is 9.53 Å². The van der Waals surface area contributed by atoms with Gasteiger partial charge in [-0.2, -0.15) is 0 Å². The number of thiazole rings is 1. The molecule has 3 aromatic rings. The Kier molecular flexibility index (Phi) is 5.69. The molecular formula is C22H23N3O2S. The minimum atomic E-state index is 0.00282. The van der Waals surface area contributed by atoms with Gasteiger partial charge in [0.2, 0.25) is 5.91 Å². The zero-order valence-electron chi connectivity index (χ0n) is 15.8. The van der Waals surface area contributed by atoms with Crippen LogP contribution in [0.25, 0.3) is 11.3 Å². The van der Waals surface area contributed by atoms with Crippen molar-refractivity contribution in [3.05, 3.63) is 70.5 Å². The zero-order chi connectivity index (χ0) is 19.3. The number of para-hydroxylation sites is 1. The number of nitrogens with zero attached hydrogens (tertiary/aromatic N) is 2. The Morgan fingerprint density at radius 2 is 2.00 bits per heavy atom. The molecule has 28 heavy (non-hydrogen) atoms. The van der Waals surface area contributed by atoms with Gasteiger partial charge in [0.15, 0.2) is 0 Å². The first kappa shape index (κ1) is 18.7. The fraction of sp³-hybridized carbons (Fsp3) is 0.273. The summed E-state index contributed by atoms with van der Waals surface area (Å²) in [6.07, 6.45) is 0.0452. The predicted octanol–water partition coefficient (Wildman–Crippen LogP) is 3.71. The summed E-state index contributed by atoms with van der Waals surface area (Å²) in [5.41, 5.74) is 3.16. The second-order valence-corrected chi connectivity index (χ2v) is 7.92. The predicted molar refractivity (Wildman–Crippen MR) is 111 cm³/mol. The van der Waals surface area contributed by atoms with Crippen molar-refractivity contribution in [3.8, 4) is 17.0 Å². The number of aromatic nitrogens is 1. The molecule has 0 aliphatic carbocycles. The van der Waals surface area contributed by atoms with E-state index >= 15 is 0 Å². The summed E-state index contributed by atoms with van der Waals surface area (Å²) in [5.74, 6) is 0.914. The Bertz CT molecular complexity index is 942. The fourth-order valence-corrected chi connectivity index (χ4v) is 4.10. The first-order valence-electron chi connectivity index (χ1n) is 9.41. The van der Waals surface area contributed by atoms with Crippen molar-refractivity contribution in [1.82, 2.24) is 15.2 Å². The molecule has 1 aromatic heterocycles. The Morgan fingerprint density at radius 3 is 2.86 bits per heavy atom. The van der Waals surface area contributed by atoms with E-state index in [1.807, 2.05) is 60.8 Å². The summed E-state index contributed by atoms with van der Waals surface area (Å²) in [7, 11) is 0. The number of fused-ring (bicyclic) bond motifs is 1. The normalized spacial score (nSPS) is 16.7. The van der Waals surface area contributed by atoms with Crippen molar-refractivity contribution in [1.29, 1.82) is 0 Å². The van der Waals surface area contributed by atoms with Crippen molar-refractivity contribution in [3.63, 3.8) is 0 Å². The average Bonchev–Trinajstić information content (AvgIpc) is 3.11. The Hall–Kier alpha value is -2.70. The molecule has 1 aliphatic heterocycles. The summed E-state index contributed by atoms with van der Waals surface area (Å²) >= 11 is 1.57. The summed E-state index contributed by atoms with van der Waals surface area (Å²) in [4.78, 5) is 19.2. The second-order valence-electron chi connectivity index (χ2n) is 6.98. The van der Waals surface area contributed by atoms with Crippen LogP contribution in [0.2, 0.25) is 0 Å². The molecule has 0 saturated carbocycles. The molecule has 5 nitrogen and oxygen atoms in total. The lowest BCUT2D eigenvalue weighted by atomic mass is 10.2. The number of carbonyl (C=O) groups excluding carboxylic acids is 1. The molecule has 1 atom stereocenters. The van der Waals surface area contributed by atoms with Crippen molar-refractivity contribution in [2.75, 3.05) is 13.1 Å². The topological polar surface area (TPSA) is 54.5 Å². The maximum atomic E-state index is 12.5. The molecule has 0 spiro atoms. The Balaban J connectivity index is 1.33. The molecule has 0 saturated heterocycles. The minimum absolute atomic E-state index is 0.00282. The molecule has 0 radical (unpaired) electrons. The maximum Gasteiger partial charge on any atom is 0.234 e. The van der Waals surface area contributed by atoms with Gasteiger partial charge in [0.1, 0.15) is 16.9 Å². The Morgan fingerprint density at radius 1 is 1.21 bits per heavy atom. The van der Waals surface area contributed by atoms with Crippen molar-refractivity contribution in [2.24, 2.45) is 0 Å². The molecule has 2 aromatic carbocycles. The van der Waals surface area contributed by atoms with Gasteiger partial charge in [-0.15, -0.1) is 11.3 Å². The highest BCUT2D eigenvalue weighted by Gasteiger charge is 2.21. The monoisotopic (exact) mass is 393 g/mol. The van der Waals surface area contributed by atoms with Gasteiger partial charge in [-0.1, -0.05) is 48.5 Å². The number of hydrogen-bond donors (Lipinski definition) is 1. The quantitative estimate of drug-likeness (QED) is 0.718. The third-order valence-corrected chi connectivity index (χ3v) is 5.48. The van der Waals surface area contributed by atoms with Crippen molar-refractivity contribution in [2.45, 2.75) is 26.1 Å². The van der Waals surface area contributed by atoms with Crippen LogP contribution < -0.4 is 10.1 Å². The molecule has 4 rings (SSSR count). The lowest BCUT2D eigenvalue weighted by molar-refractivity contribution is -0.122. The molecule has 1 N–H and O–H groups in total. The fourth-order valence-electron chi connectivity index (χ4n) is 3.36. The molecule has 2 heterocycles. The smallest absolute Gasteiger partial charge is 0.234 e. The molecular weight excluding hydrogens is 370 g/mol. The average molecular weight is 394 g/mol. The summed E-state index contributed by atoms with van der Waals surface area (Å²) in [6.45, 7) is 4.26. The van der Waals surface area contributed by atoms with Crippen LogP contribution in [-0.4, -0.2) is 35.0 Å². The standard InChI is InChI=1S/C22H23N3O2S/c1-16-12-25(13-18-9-5-6-10-20(18)27-16)14-21(26)23-11-22-24-19(15-28-22)17-7-3-2-4-8-17/h2-10,15-16H,11-14H2,1H3,(H,23,26). The van der Waals surface area contributed by atoms with Gasteiger partial charge in [-0.25, -0.2) is 4.98 Å². The summed E-state index contributed by atoms with van der Waals surface area (Å²) in [6, 6.07) is 18.1. The van der Waals surface area contributed by atoms with E-state index in [1.165, 1.54) is 0 Å². The highest BCUT2D eigenvalue weighted by Crippen LogP contribution is 2.24. The second kappa shape index (κ2) is 8.54. The Labute approximate surface area is 169 Å². The van der Waals surface area contributed by atoms with Crippen molar-refractivity contribution >= 4 is 17.2 Å². The molecule has 1 amide bonds. The lowest BCUT2D eigenvalue weighted by Crippen LogP contribution is -2.39. The largest absolute Gasteiger partial charge is 0.489 e. The summed E-state index contributed by atoms with van der Waals surface area (Å²) in [5, 5.41) is 5.93. The molecule has 6 heteroatoms. The highest BCUT2D eigenvalue weighted by atomic mass is 32.1. The third kappa shape index (κ3) is 4.58. The molecule has 1 aliphatic rings. The summed E-state index contributed by atoms with van der Waals surface area (Å²) < 4.78 is 5.96. The van der Waals surface area contributed by atoms with Crippen LogP contribution in [0, 0.1) is 0 Å². The number of benzene rings is 2.